The number of nitrogens with zero attached hydrogens (tertiary/aromatic N) is 5. The van der Waals surface area contributed by atoms with Crippen LogP contribution in [0.15, 0.2) is 237 Å². The summed E-state index contributed by atoms with van der Waals surface area (Å²) in [5, 5.41) is 7.39. The van der Waals surface area contributed by atoms with Crippen LogP contribution in [0.2, 0.25) is 0 Å². The minimum atomic E-state index is 0.601. The van der Waals surface area contributed by atoms with Gasteiger partial charge in [0.2, 0.25) is 0 Å². The Hall–Kier alpha value is -8.97. The van der Waals surface area contributed by atoms with Crippen molar-refractivity contribution in [3.63, 3.8) is 0 Å². The van der Waals surface area contributed by atoms with Crippen molar-refractivity contribution in [2.75, 3.05) is 0 Å². The first-order valence-corrected chi connectivity index (χ1v) is 24.1. The lowest BCUT2D eigenvalue weighted by molar-refractivity contribution is 1.07. The van der Waals surface area contributed by atoms with E-state index >= 15 is 0 Å². The molecule has 5 nitrogen and oxygen atoms in total. The van der Waals surface area contributed by atoms with Gasteiger partial charge in [-0.25, -0.2) is 15.0 Å². The molecular weight excluding hydrogens is 859 g/mol. The lowest BCUT2D eigenvalue weighted by atomic mass is 9.99. The summed E-state index contributed by atoms with van der Waals surface area (Å²) in [5.74, 6) is 1.84. The van der Waals surface area contributed by atoms with Crippen LogP contribution in [-0.4, -0.2) is 24.1 Å². The molecule has 0 N–H and O–H groups in total. The van der Waals surface area contributed by atoms with Gasteiger partial charge >= 0.3 is 0 Å². The summed E-state index contributed by atoms with van der Waals surface area (Å²) in [6.07, 6.45) is 0. The number of fused-ring (bicyclic) bond motifs is 9. The van der Waals surface area contributed by atoms with Crippen molar-refractivity contribution in [2.24, 2.45) is 0 Å². The third kappa shape index (κ3) is 6.41. The Labute approximate surface area is 401 Å². The van der Waals surface area contributed by atoms with Gasteiger partial charge < -0.3 is 9.13 Å². The molecule has 10 aromatic carbocycles. The number of rotatable bonds is 7. The molecule has 14 rings (SSSR count). The van der Waals surface area contributed by atoms with E-state index in [0.29, 0.717) is 17.5 Å². The molecule has 322 valence electrons. The average molecular weight is 898 g/mol. The molecule has 0 aliphatic heterocycles. The van der Waals surface area contributed by atoms with Gasteiger partial charge in [0.05, 0.1) is 27.8 Å². The van der Waals surface area contributed by atoms with Crippen LogP contribution in [0, 0.1) is 0 Å². The highest BCUT2D eigenvalue weighted by Gasteiger charge is 2.21. The molecule has 0 aliphatic carbocycles. The SMILES string of the molecule is c1ccc(-c2nc(-c3cccc(-c4cccc5c4sc4ccccc45)c3)nc(-c3ccc(-c4ccc5c6ccccc6n(-c6ccccc6)c5c4)c(-n4c5ccccc5c5ccccc54)c3)n2)cc1. The van der Waals surface area contributed by atoms with E-state index in [1.54, 1.807) is 0 Å². The normalized spacial score (nSPS) is 11.8. The molecule has 0 amide bonds. The number of aromatic nitrogens is 5. The molecule has 4 aromatic heterocycles. The molecule has 0 unspecified atom stereocenters. The van der Waals surface area contributed by atoms with Gasteiger partial charge in [-0.05, 0) is 71.3 Å². The number of benzene rings is 10. The second-order valence-electron chi connectivity index (χ2n) is 17.6. The quantitative estimate of drug-likeness (QED) is 0.160. The van der Waals surface area contributed by atoms with E-state index in [2.05, 4.69) is 228 Å². The fourth-order valence-corrected chi connectivity index (χ4v) is 11.7. The Morgan fingerprint density at radius 2 is 0.783 bits per heavy atom. The van der Waals surface area contributed by atoms with Crippen LogP contribution in [0.4, 0.5) is 0 Å². The van der Waals surface area contributed by atoms with Crippen LogP contribution < -0.4 is 0 Å². The van der Waals surface area contributed by atoms with Crippen molar-refractivity contribution >= 4 is 75.1 Å². The molecule has 0 spiro atoms. The summed E-state index contributed by atoms with van der Waals surface area (Å²) in [4.78, 5) is 15.8. The lowest BCUT2D eigenvalue weighted by Crippen LogP contribution is -2.02. The van der Waals surface area contributed by atoms with Gasteiger partial charge in [-0.1, -0.05) is 182 Å². The molecule has 0 bridgehead atoms. The highest BCUT2D eigenvalue weighted by Crippen LogP contribution is 2.43. The zero-order chi connectivity index (χ0) is 45.4. The predicted molar refractivity (Wildman–Crippen MR) is 289 cm³/mol. The fourth-order valence-electron chi connectivity index (χ4n) is 10.4. The smallest absolute Gasteiger partial charge is 0.164 e. The van der Waals surface area contributed by atoms with Crippen molar-refractivity contribution < 1.29 is 0 Å². The highest BCUT2D eigenvalue weighted by molar-refractivity contribution is 7.26. The third-order valence-corrected chi connectivity index (χ3v) is 14.8. The Morgan fingerprint density at radius 1 is 0.290 bits per heavy atom. The third-order valence-electron chi connectivity index (χ3n) is 13.6. The minimum Gasteiger partial charge on any atom is -0.309 e. The summed E-state index contributed by atoms with van der Waals surface area (Å²) < 4.78 is 7.36. The molecule has 14 aromatic rings. The van der Waals surface area contributed by atoms with E-state index in [4.69, 9.17) is 15.0 Å². The summed E-state index contributed by atoms with van der Waals surface area (Å²) in [6, 6.07) is 84.6. The number of thiophene rings is 1. The van der Waals surface area contributed by atoms with Crippen molar-refractivity contribution in [2.45, 2.75) is 0 Å². The van der Waals surface area contributed by atoms with Crippen LogP contribution >= 0.6 is 11.3 Å². The summed E-state index contributed by atoms with van der Waals surface area (Å²) in [6.45, 7) is 0. The molecule has 0 saturated carbocycles. The van der Waals surface area contributed by atoms with Crippen LogP contribution in [0.5, 0.6) is 0 Å². The van der Waals surface area contributed by atoms with Gasteiger partial charge in [-0.15, -0.1) is 11.3 Å². The van der Waals surface area contributed by atoms with E-state index in [9.17, 15) is 0 Å². The van der Waals surface area contributed by atoms with Crippen LogP contribution in [0.25, 0.3) is 132 Å². The van der Waals surface area contributed by atoms with Crippen LogP contribution in [-0.2, 0) is 0 Å². The fraction of sp³-hybridized carbons (Fsp3) is 0. The zero-order valence-electron chi connectivity index (χ0n) is 37.2. The van der Waals surface area contributed by atoms with E-state index in [0.717, 1.165) is 61.3 Å². The van der Waals surface area contributed by atoms with Gasteiger partial charge in [-0.3, -0.25) is 0 Å². The maximum atomic E-state index is 5.36. The zero-order valence-corrected chi connectivity index (χ0v) is 38.0. The van der Waals surface area contributed by atoms with Crippen molar-refractivity contribution in [1.82, 2.24) is 24.1 Å². The molecule has 69 heavy (non-hydrogen) atoms. The van der Waals surface area contributed by atoms with Crippen molar-refractivity contribution in [1.29, 1.82) is 0 Å². The first-order valence-electron chi connectivity index (χ1n) is 23.3. The Bertz CT molecular complexity index is 4260. The molecule has 4 heterocycles. The second-order valence-corrected chi connectivity index (χ2v) is 18.6. The molecule has 0 atom stereocenters. The van der Waals surface area contributed by atoms with Gasteiger partial charge in [0.25, 0.3) is 0 Å². The van der Waals surface area contributed by atoms with Gasteiger partial charge in [0.1, 0.15) is 0 Å². The minimum absolute atomic E-state index is 0.601. The van der Waals surface area contributed by atoms with Gasteiger partial charge in [0, 0.05) is 69.7 Å². The van der Waals surface area contributed by atoms with E-state index < -0.39 is 0 Å². The summed E-state index contributed by atoms with van der Waals surface area (Å²) in [7, 11) is 0. The Balaban J connectivity index is 0.990. The van der Waals surface area contributed by atoms with E-state index in [-0.39, 0.29) is 0 Å². The average Bonchev–Trinajstić information content (AvgIpc) is 4.09. The standard InChI is InChI=1S/C63H39N5S/c1-3-17-40(18-4-1)61-64-62(43-20-15-19-41(37-43)47-27-16-28-53-52-26-10-14-32-59(52)69-60(47)53)66-63(65-61)44-34-35-46(57(39-44)68-55-30-12-8-23-48(55)49-24-9-13-31-56(49)68)42-33-36-51-50-25-7-11-29-54(50)67(58(51)38-42)45-21-5-2-6-22-45/h1-39H. The van der Waals surface area contributed by atoms with Gasteiger partial charge in [0.15, 0.2) is 17.5 Å². The van der Waals surface area contributed by atoms with Crippen molar-refractivity contribution in [3.05, 3.63) is 237 Å². The lowest BCUT2D eigenvalue weighted by Gasteiger charge is -2.17. The maximum Gasteiger partial charge on any atom is 0.164 e. The monoisotopic (exact) mass is 897 g/mol. The van der Waals surface area contributed by atoms with Crippen molar-refractivity contribution in [3.8, 4) is 67.8 Å². The Morgan fingerprint density at radius 3 is 1.49 bits per heavy atom. The molecule has 0 radical (unpaired) electrons. The molecule has 0 aliphatic rings. The molecule has 0 fully saturated rings. The Kier molecular flexibility index (Phi) is 9.00. The predicted octanol–water partition coefficient (Wildman–Crippen LogP) is 16.8. The topological polar surface area (TPSA) is 48.5 Å². The van der Waals surface area contributed by atoms with Crippen LogP contribution in [0.3, 0.4) is 0 Å². The number of hydrogen-bond acceptors (Lipinski definition) is 4. The number of hydrogen-bond donors (Lipinski definition) is 0. The van der Waals surface area contributed by atoms with E-state index in [1.165, 1.54) is 52.8 Å². The van der Waals surface area contributed by atoms with Crippen LogP contribution in [0.1, 0.15) is 0 Å². The molecule has 6 heteroatoms. The maximum absolute atomic E-state index is 5.36. The van der Waals surface area contributed by atoms with Gasteiger partial charge in [-0.2, -0.15) is 0 Å². The number of para-hydroxylation sites is 4. The van der Waals surface area contributed by atoms with E-state index in [1.807, 2.05) is 29.5 Å². The largest absolute Gasteiger partial charge is 0.309 e. The first-order chi connectivity index (χ1) is 34.2. The molecule has 0 saturated heterocycles. The second kappa shape index (κ2) is 15.8. The summed E-state index contributed by atoms with van der Waals surface area (Å²) in [5.41, 5.74) is 14.0. The highest BCUT2D eigenvalue weighted by atomic mass is 32.1. The first kappa shape index (κ1) is 39.2. The molecular formula is C63H39N5S. The summed E-state index contributed by atoms with van der Waals surface area (Å²) >= 11 is 1.84.